The first-order valence-corrected chi connectivity index (χ1v) is 15.4. The van der Waals surface area contributed by atoms with E-state index in [2.05, 4.69) is 31.3 Å². The fraction of sp³-hybridized carbons (Fsp3) is 0.273. The van der Waals surface area contributed by atoms with E-state index in [0.29, 0.717) is 22.7 Å². The number of aromatic nitrogens is 3. The number of hydrogen-bond acceptors (Lipinski definition) is 8. The number of nitrogens with zero attached hydrogens (tertiary/aromatic N) is 3. The van der Waals surface area contributed by atoms with Gasteiger partial charge in [-0.2, -0.15) is 5.10 Å². The van der Waals surface area contributed by atoms with Crippen LogP contribution >= 0.6 is 11.6 Å². The van der Waals surface area contributed by atoms with Crippen LogP contribution < -0.4 is 26.0 Å². The molecule has 3 atom stereocenters. The lowest BCUT2D eigenvalue weighted by Crippen LogP contribution is -2.56. The van der Waals surface area contributed by atoms with Gasteiger partial charge in [0, 0.05) is 12.0 Å². The van der Waals surface area contributed by atoms with Crippen LogP contribution in [0.3, 0.4) is 0 Å². The van der Waals surface area contributed by atoms with E-state index >= 15 is 0 Å². The van der Waals surface area contributed by atoms with Crippen LogP contribution in [0, 0.1) is 5.82 Å². The third kappa shape index (κ3) is 8.52. The van der Waals surface area contributed by atoms with E-state index in [0.717, 1.165) is 12.1 Å². The number of ether oxygens (including phenoxy) is 1. The summed E-state index contributed by atoms with van der Waals surface area (Å²) in [4.78, 5) is 57.5. The van der Waals surface area contributed by atoms with E-state index in [4.69, 9.17) is 16.3 Å². The molecule has 6 rings (SSSR count). The SMILES string of the molecule is C[C@@H]1NC(=O)[C@H](CO)NC(=O)[C@@H](NC(=O)c2ccc(F)cc2Cl)Cc2ccc(cc2)OCCNC(=O)Cn2nc(-c3ccccc3)nc21. The van der Waals surface area contributed by atoms with Crippen molar-refractivity contribution in [3.05, 3.63) is 101 Å². The highest BCUT2D eigenvalue weighted by atomic mass is 35.5. The van der Waals surface area contributed by atoms with Gasteiger partial charge in [-0.25, -0.2) is 14.1 Å². The lowest BCUT2D eigenvalue weighted by Gasteiger charge is -2.24. The Morgan fingerprint density at radius 3 is 2.52 bits per heavy atom. The summed E-state index contributed by atoms with van der Waals surface area (Å²) in [5.74, 6) is -2.18. The zero-order valence-electron chi connectivity index (χ0n) is 25.8. The lowest BCUT2D eigenvalue weighted by atomic mass is 10.0. The number of aliphatic hydroxyl groups excluding tert-OH is 1. The largest absolute Gasteiger partial charge is 0.492 e. The van der Waals surface area contributed by atoms with Crippen molar-refractivity contribution in [2.24, 2.45) is 0 Å². The minimum Gasteiger partial charge on any atom is -0.492 e. The molecule has 0 aliphatic carbocycles. The second-order valence-electron chi connectivity index (χ2n) is 11.0. The summed E-state index contributed by atoms with van der Waals surface area (Å²) in [6.07, 6.45) is -0.0196. The third-order valence-electron chi connectivity index (χ3n) is 7.44. The number of amides is 4. The van der Waals surface area contributed by atoms with Gasteiger partial charge < -0.3 is 31.1 Å². The number of rotatable bonds is 4. The van der Waals surface area contributed by atoms with Crippen LogP contribution in [0.1, 0.15) is 34.7 Å². The van der Waals surface area contributed by atoms with Gasteiger partial charge in [0.2, 0.25) is 17.7 Å². The number of halogens is 2. The third-order valence-corrected chi connectivity index (χ3v) is 7.75. The molecule has 3 heterocycles. The molecule has 0 radical (unpaired) electrons. The summed E-state index contributed by atoms with van der Waals surface area (Å²) in [6, 6.07) is 15.6. The Morgan fingerprint density at radius 1 is 1.06 bits per heavy atom. The van der Waals surface area contributed by atoms with Crippen molar-refractivity contribution in [3.63, 3.8) is 0 Å². The van der Waals surface area contributed by atoms with Crippen LogP contribution in [0.4, 0.5) is 4.39 Å². The molecular weight excluding hydrogens is 645 g/mol. The van der Waals surface area contributed by atoms with Crippen molar-refractivity contribution in [3.8, 4) is 17.1 Å². The monoisotopic (exact) mass is 677 g/mol. The van der Waals surface area contributed by atoms with Gasteiger partial charge in [-0.05, 0) is 42.8 Å². The van der Waals surface area contributed by atoms with E-state index in [1.807, 2.05) is 18.2 Å². The average Bonchev–Trinajstić information content (AvgIpc) is 3.49. The Bertz CT molecular complexity index is 1790. The molecular formula is C33H33ClFN7O6. The Balaban J connectivity index is 1.43. The van der Waals surface area contributed by atoms with Gasteiger partial charge in [0.25, 0.3) is 5.91 Å². The van der Waals surface area contributed by atoms with Gasteiger partial charge in [-0.15, -0.1) is 0 Å². The molecule has 0 fully saturated rings. The van der Waals surface area contributed by atoms with E-state index < -0.39 is 48.3 Å². The molecule has 1 aromatic heterocycles. The van der Waals surface area contributed by atoms with Gasteiger partial charge >= 0.3 is 0 Å². The van der Waals surface area contributed by atoms with E-state index in [1.54, 1.807) is 43.3 Å². The second-order valence-corrected chi connectivity index (χ2v) is 11.4. The molecule has 13 nitrogen and oxygen atoms in total. The predicted molar refractivity (Wildman–Crippen MR) is 172 cm³/mol. The van der Waals surface area contributed by atoms with E-state index in [-0.39, 0.29) is 48.4 Å². The molecule has 0 saturated heterocycles. The Hall–Kier alpha value is -5.34. The maximum Gasteiger partial charge on any atom is 0.253 e. The normalized spacial score (nSPS) is 19.2. The molecule has 250 valence electrons. The van der Waals surface area contributed by atoms with Crippen molar-refractivity contribution in [2.75, 3.05) is 19.8 Å². The number of carbonyl (C=O) groups excluding carboxylic acids is 4. The van der Waals surface area contributed by atoms with Crippen LogP contribution in [0.25, 0.3) is 11.4 Å². The summed E-state index contributed by atoms with van der Waals surface area (Å²) < 4.78 is 20.7. The summed E-state index contributed by atoms with van der Waals surface area (Å²) >= 11 is 6.09. The van der Waals surface area contributed by atoms with Gasteiger partial charge in [0.1, 0.15) is 42.6 Å². The van der Waals surface area contributed by atoms with E-state index in [9.17, 15) is 28.7 Å². The van der Waals surface area contributed by atoms with Crippen molar-refractivity contribution in [1.29, 1.82) is 0 Å². The van der Waals surface area contributed by atoms with Crippen molar-refractivity contribution < 1.29 is 33.4 Å². The highest BCUT2D eigenvalue weighted by Crippen LogP contribution is 2.20. The van der Waals surface area contributed by atoms with Gasteiger partial charge in [-0.3, -0.25) is 19.2 Å². The van der Waals surface area contributed by atoms with E-state index in [1.165, 1.54) is 10.7 Å². The number of benzene rings is 3. The summed E-state index contributed by atoms with van der Waals surface area (Å²) in [7, 11) is 0. The van der Waals surface area contributed by atoms with Crippen LogP contribution in [-0.2, 0) is 27.3 Å². The van der Waals surface area contributed by atoms with Crippen molar-refractivity contribution >= 4 is 35.2 Å². The molecule has 0 unspecified atom stereocenters. The molecule has 3 aromatic carbocycles. The standard InChI is InChI=1S/C33H33ClFN7O6/c1-19-30-40-29(21-5-3-2-4-6-21)41-42(30)17-28(44)36-13-14-48-23-10-7-20(8-11-23)15-26(32(46)39-27(18-43)33(47)37-19)38-31(45)24-12-9-22(35)16-25(24)34/h2-12,16,19,26-27,43H,13-15,17-18H2,1H3,(H,36,44)(H,37,47)(H,38,45)(H,39,46)/t19-,26-,27-/m0/s1. The summed E-state index contributed by atoms with van der Waals surface area (Å²) in [6.45, 7) is 1.01. The van der Waals surface area contributed by atoms with Gasteiger partial charge in [-0.1, -0.05) is 54.1 Å². The highest BCUT2D eigenvalue weighted by molar-refractivity contribution is 6.33. The topological polar surface area (TPSA) is 177 Å². The first-order valence-electron chi connectivity index (χ1n) is 15.1. The highest BCUT2D eigenvalue weighted by Gasteiger charge is 2.30. The fourth-order valence-electron chi connectivity index (χ4n) is 4.97. The average molecular weight is 678 g/mol. The minimum absolute atomic E-state index is 0.0196. The smallest absolute Gasteiger partial charge is 0.253 e. The molecule has 4 aromatic rings. The number of hydrogen-bond donors (Lipinski definition) is 5. The van der Waals surface area contributed by atoms with Crippen LogP contribution in [-0.4, -0.2) is 75.3 Å². The van der Waals surface area contributed by atoms with Crippen LogP contribution in [0.2, 0.25) is 5.02 Å². The quantitative estimate of drug-likeness (QED) is 0.218. The Labute approximate surface area is 279 Å². The Kier molecular flexibility index (Phi) is 11.0. The summed E-state index contributed by atoms with van der Waals surface area (Å²) in [5, 5.41) is 25.1. The van der Waals surface area contributed by atoms with Crippen molar-refractivity contribution in [2.45, 2.75) is 38.0 Å². The van der Waals surface area contributed by atoms with Gasteiger partial charge in [0.05, 0.1) is 29.8 Å². The summed E-state index contributed by atoms with van der Waals surface area (Å²) in [5.41, 5.74) is 1.26. The number of aliphatic hydroxyl groups is 1. The van der Waals surface area contributed by atoms with Gasteiger partial charge in [0.15, 0.2) is 5.82 Å². The zero-order valence-corrected chi connectivity index (χ0v) is 26.5. The zero-order chi connectivity index (χ0) is 34.2. The molecule has 4 amide bonds. The number of fused-ring (bicyclic) bond motifs is 14. The first kappa shape index (κ1) is 34.0. The predicted octanol–water partition coefficient (Wildman–Crippen LogP) is 1.94. The molecule has 0 saturated carbocycles. The van der Waals surface area contributed by atoms with Crippen LogP contribution in [0.15, 0.2) is 72.8 Å². The lowest BCUT2D eigenvalue weighted by molar-refractivity contribution is -0.131. The fourth-order valence-corrected chi connectivity index (χ4v) is 5.23. The molecule has 0 spiro atoms. The minimum atomic E-state index is -1.43. The maximum absolute atomic E-state index is 13.6. The molecule has 15 heteroatoms. The Morgan fingerprint density at radius 2 is 1.81 bits per heavy atom. The number of carbonyl (C=O) groups is 4. The number of nitrogens with one attached hydrogen (secondary N) is 4. The molecule has 5 N–H and O–H groups in total. The maximum atomic E-state index is 13.6. The second kappa shape index (κ2) is 15.5. The molecule has 2 bridgehead atoms. The molecule has 2 aliphatic rings. The first-order chi connectivity index (χ1) is 23.1. The molecule has 2 aliphatic heterocycles. The van der Waals surface area contributed by atoms with Crippen molar-refractivity contribution in [1.82, 2.24) is 36.0 Å². The molecule has 48 heavy (non-hydrogen) atoms. The van der Waals surface area contributed by atoms with Crippen LogP contribution in [0.5, 0.6) is 5.75 Å².